The van der Waals surface area contributed by atoms with E-state index in [0.717, 1.165) is 0 Å². The summed E-state index contributed by atoms with van der Waals surface area (Å²) < 4.78 is 26.5. The SMILES string of the molecule is CC1CN(S(=O)(=O)c2ccccc2C#N)CCC1N. The summed E-state index contributed by atoms with van der Waals surface area (Å²) in [6.07, 6.45) is 0.648. The lowest BCUT2D eigenvalue weighted by atomic mass is 9.96. The van der Waals surface area contributed by atoms with Crippen molar-refractivity contribution in [2.75, 3.05) is 13.1 Å². The number of nitriles is 1. The Bertz CT molecular complexity index is 607. The molecule has 0 aliphatic carbocycles. The molecule has 1 heterocycles. The maximum atomic E-state index is 12.6. The molecule has 2 rings (SSSR count). The van der Waals surface area contributed by atoms with Crippen LogP contribution >= 0.6 is 0 Å². The Kier molecular flexibility index (Phi) is 3.90. The van der Waals surface area contributed by atoms with Gasteiger partial charge in [-0.2, -0.15) is 9.57 Å². The molecule has 1 aromatic carbocycles. The van der Waals surface area contributed by atoms with Crippen LogP contribution in [0.4, 0.5) is 0 Å². The van der Waals surface area contributed by atoms with Crippen molar-refractivity contribution < 1.29 is 8.42 Å². The molecule has 1 aliphatic heterocycles. The summed E-state index contributed by atoms with van der Waals surface area (Å²) in [7, 11) is -3.61. The Morgan fingerprint density at radius 1 is 1.42 bits per heavy atom. The van der Waals surface area contributed by atoms with Gasteiger partial charge in [-0.1, -0.05) is 19.1 Å². The molecule has 0 saturated carbocycles. The molecule has 0 spiro atoms. The first-order valence-corrected chi connectivity index (χ1v) is 7.65. The third-order valence-electron chi connectivity index (χ3n) is 3.56. The zero-order chi connectivity index (χ0) is 14.0. The number of piperidine rings is 1. The molecular weight excluding hydrogens is 262 g/mol. The maximum Gasteiger partial charge on any atom is 0.244 e. The van der Waals surface area contributed by atoms with Crippen LogP contribution in [0.1, 0.15) is 18.9 Å². The molecular formula is C13H17N3O2S. The molecule has 0 amide bonds. The van der Waals surface area contributed by atoms with Crippen LogP contribution in [0.25, 0.3) is 0 Å². The van der Waals surface area contributed by atoms with Gasteiger partial charge in [0.05, 0.1) is 10.5 Å². The zero-order valence-electron chi connectivity index (χ0n) is 10.8. The number of hydrogen-bond acceptors (Lipinski definition) is 4. The van der Waals surface area contributed by atoms with Gasteiger partial charge in [0.15, 0.2) is 0 Å². The summed E-state index contributed by atoms with van der Waals surface area (Å²) >= 11 is 0. The van der Waals surface area contributed by atoms with E-state index in [-0.39, 0.29) is 22.4 Å². The van der Waals surface area contributed by atoms with E-state index in [4.69, 9.17) is 11.0 Å². The van der Waals surface area contributed by atoms with E-state index in [1.54, 1.807) is 12.1 Å². The van der Waals surface area contributed by atoms with Crippen LogP contribution in [0.15, 0.2) is 29.2 Å². The average molecular weight is 279 g/mol. The van der Waals surface area contributed by atoms with Crippen LogP contribution in [0.2, 0.25) is 0 Å². The van der Waals surface area contributed by atoms with Gasteiger partial charge in [-0.25, -0.2) is 8.42 Å². The minimum atomic E-state index is -3.61. The van der Waals surface area contributed by atoms with Gasteiger partial charge >= 0.3 is 0 Å². The molecule has 1 fully saturated rings. The molecule has 2 atom stereocenters. The standard InChI is InChI=1S/C13H17N3O2S/c1-10-9-16(7-6-12(10)15)19(17,18)13-5-3-2-4-11(13)8-14/h2-5,10,12H,6-7,9,15H2,1H3. The van der Waals surface area contributed by atoms with Gasteiger partial charge in [-0.3, -0.25) is 0 Å². The summed E-state index contributed by atoms with van der Waals surface area (Å²) in [5.41, 5.74) is 6.09. The van der Waals surface area contributed by atoms with Crippen molar-refractivity contribution >= 4 is 10.0 Å². The highest BCUT2D eigenvalue weighted by Gasteiger charge is 2.33. The number of benzene rings is 1. The zero-order valence-corrected chi connectivity index (χ0v) is 11.6. The second kappa shape index (κ2) is 5.29. The number of nitrogens with zero attached hydrogens (tertiary/aromatic N) is 2. The maximum absolute atomic E-state index is 12.6. The van der Waals surface area contributed by atoms with E-state index in [1.165, 1.54) is 16.4 Å². The smallest absolute Gasteiger partial charge is 0.244 e. The predicted octanol–water partition coefficient (Wildman–Crippen LogP) is 0.916. The average Bonchev–Trinajstić information content (AvgIpc) is 2.41. The van der Waals surface area contributed by atoms with Crippen LogP contribution in [-0.4, -0.2) is 31.9 Å². The second-order valence-corrected chi connectivity index (χ2v) is 6.81. The Labute approximate surface area is 113 Å². The Hall–Kier alpha value is -1.42. The van der Waals surface area contributed by atoms with Gasteiger partial charge in [0, 0.05) is 19.1 Å². The molecule has 1 aromatic rings. The monoisotopic (exact) mass is 279 g/mol. The molecule has 1 saturated heterocycles. The van der Waals surface area contributed by atoms with Crippen LogP contribution in [0.5, 0.6) is 0 Å². The molecule has 102 valence electrons. The number of nitrogens with two attached hydrogens (primary N) is 1. The Morgan fingerprint density at radius 3 is 2.74 bits per heavy atom. The molecule has 0 radical (unpaired) electrons. The fourth-order valence-corrected chi connectivity index (χ4v) is 3.96. The van der Waals surface area contributed by atoms with Gasteiger partial charge < -0.3 is 5.73 Å². The third kappa shape index (κ3) is 2.63. The van der Waals surface area contributed by atoms with Crippen LogP contribution in [0, 0.1) is 17.2 Å². The van der Waals surface area contributed by atoms with Crippen LogP contribution < -0.4 is 5.73 Å². The summed E-state index contributed by atoms with van der Waals surface area (Å²) in [6, 6.07) is 8.26. The van der Waals surface area contributed by atoms with Gasteiger partial charge in [0.25, 0.3) is 0 Å². The minimum absolute atomic E-state index is 0.0395. The van der Waals surface area contributed by atoms with Crippen molar-refractivity contribution in [1.29, 1.82) is 5.26 Å². The highest BCUT2D eigenvalue weighted by Crippen LogP contribution is 2.24. The highest BCUT2D eigenvalue weighted by molar-refractivity contribution is 7.89. The van der Waals surface area contributed by atoms with Gasteiger partial charge in [-0.05, 0) is 24.5 Å². The van der Waals surface area contributed by atoms with Gasteiger partial charge in [0.1, 0.15) is 6.07 Å². The summed E-state index contributed by atoms with van der Waals surface area (Å²) in [6.45, 7) is 2.76. The largest absolute Gasteiger partial charge is 0.327 e. The molecule has 2 unspecified atom stereocenters. The van der Waals surface area contributed by atoms with Gasteiger partial charge in [0.2, 0.25) is 10.0 Å². The Balaban J connectivity index is 2.36. The van der Waals surface area contributed by atoms with Crippen LogP contribution in [0.3, 0.4) is 0 Å². The van der Waals surface area contributed by atoms with E-state index >= 15 is 0 Å². The van der Waals surface area contributed by atoms with Crippen molar-refractivity contribution in [3.63, 3.8) is 0 Å². The first-order chi connectivity index (χ1) is 8.96. The topological polar surface area (TPSA) is 87.2 Å². The summed E-state index contributed by atoms with van der Waals surface area (Å²) in [5, 5.41) is 9.02. The van der Waals surface area contributed by atoms with Gasteiger partial charge in [-0.15, -0.1) is 0 Å². The van der Waals surface area contributed by atoms with Crippen molar-refractivity contribution in [1.82, 2.24) is 4.31 Å². The van der Waals surface area contributed by atoms with E-state index in [9.17, 15) is 8.42 Å². The van der Waals surface area contributed by atoms with E-state index in [1.807, 2.05) is 13.0 Å². The quantitative estimate of drug-likeness (QED) is 0.872. The third-order valence-corrected chi connectivity index (χ3v) is 5.48. The lowest BCUT2D eigenvalue weighted by Crippen LogP contribution is -2.48. The highest BCUT2D eigenvalue weighted by atomic mass is 32.2. The number of rotatable bonds is 2. The predicted molar refractivity (Wildman–Crippen MR) is 71.7 cm³/mol. The lowest BCUT2D eigenvalue weighted by Gasteiger charge is -2.34. The minimum Gasteiger partial charge on any atom is -0.327 e. The molecule has 0 bridgehead atoms. The lowest BCUT2D eigenvalue weighted by molar-refractivity contribution is 0.250. The van der Waals surface area contributed by atoms with Crippen molar-refractivity contribution in [3.05, 3.63) is 29.8 Å². The van der Waals surface area contributed by atoms with Crippen molar-refractivity contribution in [2.24, 2.45) is 11.7 Å². The second-order valence-electron chi connectivity index (χ2n) is 4.90. The molecule has 0 aromatic heterocycles. The molecule has 6 heteroatoms. The molecule has 19 heavy (non-hydrogen) atoms. The van der Waals surface area contributed by atoms with Crippen molar-refractivity contribution in [3.8, 4) is 6.07 Å². The van der Waals surface area contributed by atoms with E-state index in [0.29, 0.717) is 19.5 Å². The van der Waals surface area contributed by atoms with E-state index < -0.39 is 10.0 Å². The molecule has 2 N–H and O–H groups in total. The fraction of sp³-hybridized carbons (Fsp3) is 0.462. The fourth-order valence-electron chi connectivity index (χ4n) is 2.27. The van der Waals surface area contributed by atoms with E-state index in [2.05, 4.69) is 0 Å². The normalized spacial score (nSPS) is 24.9. The Morgan fingerprint density at radius 2 is 2.11 bits per heavy atom. The summed E-state index contributed by atoms with van der Waals surface area (Å²) in [5.74, 6) is 0.123. The van der Waals surface area contributed by atoms with Crippen molar-refractivity contribution in [2.45, 2.75) is 24.3 Å². The first kappa shape index (κ1) is 14.0. The number of hydrogen-bond donors (Lipinski definition) is 1. The molecule has 5 nitrogen and oxygen atoms in total. The number of sulfonamides is 1. The molecule has 1 aliphatic rings. The summed E-state index contributed by atoms with van der Waals surface area (Å²) in [4.78, 5) is 0.0835. The van der Waals surface area contributed by atoms with Crippen LogP contribution in [-0.2, 0) is 10.0 Å². The first-order valence-electron chi connectivity index (χ1n) is 6.21.